The fraction of sp³-hybridized carbons (Fsp3) is 1.00. The van der Waals surface area contributed by atoms with E-state index in [1.807, 2.05) is 0 Å². The van der Waals surface area contributed by atoms with E-state index in [4.69, 9.17) is 4.74 Å². The molecule has 14 heteroatoms. The van der Waals surface area contributed by atoms with Crippen LogP contribution in [0.3, 0.4) is 0 Å². The number of halogens is 6. The van der Waals surface area contributed by atoms with Crippen molar-refractivity contribution >= 4 is 19.7 Å². The van der Waals surface area contributed by atoms with Crippen LogP contribution in [-0.4, -0.2) is 76.6 Å². The van der Waals surface area contributed by atoms with Crippen molar-refractivity contribution in [2.24, 2.45) is 0 Å². The van der Waals surface area contributed by atoms with Gasteiger partial charge in [-0.1, -0.05) is 0 Å². The summed E-state index contributed by atoms with van der Waals surface area (Å²) < 4.78 is 124. The lowest BCUT2D eigenvalue weighted by Gasteiger charge is -2.25. The van der Waals surface area contributed by atoms with E-state index in [-0.39, 0.29) is 6.54 Å². The Morgan fingerprint density at radius 2 is 1.32 bits per heavy atom. The standard InChI is InChI=1S/C11H17F6NO5S2/c12-10(13,14)24(19,20)6-3-18(8-9-2-1-5-23-9)4-7-25(21,22)11(15,16)17/h9H,1-8H2/t9-/m1/s1. The van der Waals surface area contributed by atoms with Crippen LogP contribution >= 0.6 is 0 Å². The van der Waals surface area contributed by atoms with Gasteiger partial charge < -0.3 is 4.74 Å². The van der Waals surface area contributed by atoms with Crippen molar-refractivity contribution in [2.45, 2.75) is 30.0 Å². The van der Waals surface area contributed by atoms with E-state index in [1.54, 1.807) is 0 Å². The van der Waals surface area contributed by atoms with E-state index in [2.05, 4.69) is 0 Å². The summed E-state index contributed by atoms with van der Waals surface area (Å²) in [6.07, 6.45) is 0.636. The van der Waals surface area contributed by atoms with Crippen LogP contribution in [0, 0.1) is 0 Å². The second-order valence-corrected chi connectivity index (χ2v) is 9.67. The summed E-state index contributed by atoms with van der Waals surface area (Å²) in [5, 5.41) is 0. The third-order valence-corrected chi connectivity index (χ3v) is 6.39. The monoisotopic (exact) mass is 421 g/mol. The van der Waals surface area contributed by atoms with Gasteiger partial charge >= 0.3 is 11.0 Å². The zero-order chi connectivity index (χ0) is 19.5. The molecule has 1 rings (SSSR count). The average Bonchev–Trinajstić information content (AvgIpc) is 2.92. The average molecular weight is 421 g/mol. The molecule has 25 heavy (non-hydrogen) atoms. The molecule has 0 aromatic carbocycles. The van der Waals surface area contributed by atoms with E-state index in [9.17, 15) is 43.2 Å². The number of ether oxygens (including phenoxy) is 1. The minimum atomic E-state index is -5.49. The molecule has 6 nitrogen and oxygen atoms in total. The lowest BCUT2D eigenvalue weighted by Crippen LogP contribution is -2.42. The summed E-state index contributed by atoms with van der Waals surface area (Å²) in [6, 6.07) is 0. The van der Waals surface area contributed by atoms with Crippen molar-refractivity contribution in [1.29, 1.82) is 0 Å². The Bertz CT molecular complexity index is 589. The molecular weight excluding hydrogens is 404 g/mol. The van der Waals surface area contributed by atoms with Crippen molar-refractivity contribution < 1.29 is 47.9 Å². The number of hydrogen-bond acceptors (Lipinski definition) is 6. The molecule has 0 aliphatic carbocycles. The topological polar surface area (TPSA) is 80.8 Å². The SMILES string of the molecule is O=S(=O)(CCN(CCS(=O)(=O)C(F)(F)F)C[C@H]1CCCO1)C(F)(F)F. The molecule has 1 heterocycles. The molecule has 0 aromatic heterocycles. The second-order valence-electron chi connectivity index (χ2n) is 5.46. The summed E-state index contributed by atoms with van der Waals surface area (Å²) in [7, 11) is -10.9. The zero-order valence-corrected chi connectivity index (χ0v) is 14.4. The molecule has 1 aliphatic rings. The van der Waals surface area contributed by atoms with Crippen molar-refractivity contribution in [3.8, 4) is 0 Å². The van der Waals surface area contributed by atoms with Crippen LogP contribution in [0.5, 0.6) is 0 Å². The van der Waals surface area contributed by atoms with Gasteiger partial charge in [0.25, 0.3) is 0 Å². The molecule has 0 spiro atoms. The maximum atomic E-state index is 12.3. The highest BCUT2D eigenvalue weighted by Gasteiger charge is 2.46. The van der Waals surface area contributed by atoms with Crippen molar-refractivity contribution in [3.63, 3.8) is 0 Å². The van der Waals surface area contributed by atoms with Crippen LogP contribution in [-0.2, 0) is 24.4 Å². The third-order valence-electron chi connectivity index (χ3n) is 3.54. The van der Waals surface area contributed by atoms with Gasteiger partial charge in [0.1, 0.15) is 0 Å². The normalized spacial score (nSPS) is 20.4. The Labute approximate surface area is 141 Å². The van der Waals surface area contributed by atoms with E-state index in [0.717, 1.165) is 4.90 Å². The quantitative estimate of drug-likeness (QED) is 0.551. The minimum absolute atomic E-state index is 0.152. The van der Waals surface area contributed by atoms with Gasteiger partial charge in [0.15, 0.2) is 0 Å². The Balaban J connectivity index is 2.76. The van der Waals surface area contributed by atoms with E-state index in [0.29, 0.717) is 19.4 Å². The van der Waals surface area contributed by atoms with Gasteiger partial charge in [0, 0.05) is 26.2 Å². The molecule has 0 amide bonds. The first-order chi connectivity index (χ1) is 11.2. The highest BCUT2D eigenvalue weighted by atomic mass is 32.2. The van der Waals surface area contributed by atoms with Crippen LogP contribution < -0.4 is 0 Å². The number of hydrogen-bond donors (Lipinski definition) is 0. The molecule has 1 atom stereocenters. The highest BCUT2D eigenvalue weighted by molar-refractivity contribution is 7.92. The van der Waals surface area contributed by atoms with Gasteiger partial charge in [-0.15, -0.1) is 0 Å². The summed E-state index contributed by atoms with van der Waals surface area (Å²) in [5.41, 5.74) is -11.0. The van der Waals surface area contributed by atoms with Crippen LogP contribution in [0.4, 0.5) is 26.3 Å². The molecule has 0 radical (unpaired) electrons. The number of sulfone groups is 2. The first-order valence-electron chi connectivity index (χ1n) is 7.08. The third kappa shape index (κ3) is 6.57. The number of nitrogens with zero attached hydrogens (tertiary/aromatic N) is 1. The maximum absolute atomic E-state index is 12.3. The zero-order valence-electron chi connectivity index (χ0n) is 12.8. The molecule has 0 saturated carbocycles. The molecule has 1 fully saturated rings. The summed E-state index contributed by atoms with van der Waals surface area (Å²) in [6.45, 7) is -1.30. The summed E-state index contributed by atoms with van der Waals surface area (Å²) >= 11 is 0. The van der Waals surface area contributed by atoms with Crippen molar-refractivity contribution in [3.05, 3.63) is 0 Å². The Morgan fingerprint density at radius 1 is 0.880 bits per heavy atom. The summed E-state index contributed by atoms with van der Waals surface area (Å²) in [5.74, 6) is -2.76. The minimum Gasteiger partial charge on any atom is -0.377 e. The fourth-order valence-corrected chi connectivity index (χ4v) is 3.56. The van der Waals surface area contributed by atoms with Crippen LogP contribution in [0.2, 0.25) is 0 Å². The van der Waals surface area contributed by atoms with E-state index >= 15 is 0 Å². The smallest absolute Gasteiger partial charge is 0.377 e. The van der Waals surface area contributed by atoms with E-state index < -0.39 is 61.4 Å². The fourth-order valence-electron chi connectivity index (χ4n) is 2.10. The van der Waals surface area contributed by atoms with Gasteiger partial charge in [-0.2, -0.15) is 26.3 Å². The molecule has 0 aromatic rings. The molecule has 1 saturated heterocycles. The van der Waals surface area contributed by atoms with Gasteiger partial charge in [0.05, 0.1) is 17.6 Å². The van der Waals surface area contributed by atoms with Gasteiger partial charge in [-0.25, -0.2) is 16.8 Å². The van der Waals surface area contributed by atoms with E-state index in [1.165, 1.54) is 0 Å². The number of alkyl halides is 6. The van der Waals surface area contributed by atoms with Crippen molar-refractivity contribution in [1.82, 2.24) is 4.90 Å². The molecule has 150 valence electrons. The second kappa shape index (κ2) is 7.96. The predicted molar refractivity (Wildman–Crippen MR) is 75.1 cm³/mol. The lowest BCUT2D eigenvalue weighted by molar-refractivity contribution is -0.0439. The lowest BCUT2D eigenvalue weighted by atomic mass is 10.2. The van der Waals surface area contributed by atoms with Gasteiger partial charge in [-0.05, 0) is 12.8 Å². The number of rotatable bonds is 8. The van der Waals surface area contributed by atoms with Gasteiger partial charge in [-0.3, -0.25) is 4.90 Å². The van der Waals surface area contributed by atoms with Crippen LogP contribution in [0.25, 0.3) is 0 Å². The first kappa shape index (κ1) is 22.4. The van der Waals surface area contributed by atoms with Crippen molar-refractivity contribution in [2.75, 3.05) is 37.7 Å². The Hall–Kier alpha value is -0.600. The largest absolute Gasteiger partial charge is 0.497 e. The molecule has 1 aliphatic heterocycles. The predicted octanol–water partition coefficient (Wildman–Crippen LogP) is 1.34. The molecule has 0 bridgehead atoms. The molecule has 0 N–H and O–H groups in total. The van der Waals surface area contributed by atoms with Crippen LogP contribution in [0.15, 0.2) is 0 Å². The Morgan fingerprint density at radius 3 is 1.64 bits per heavy atom. The maximum Gasteiger partial charge on any atom is 0.497 e. The molecule has 0 unspecified atom stereocenters. The molecular formula is C11H17F6NO5S2. The van der Waals surface area contributed by atoms with Gasteiger partial charge in [0.2, 0.25) is 19.7 Å². The first-order valence-corrected chi connectivity index (χ1v) is 10.4. The van der Waals surface area contributed by atoms with Crippen LogP contribution in [0.1, 0.15) is 12.8 Å². The Kier molecular flexibility index (Phi) is 7.15. The highest BCUT2D eigenvalue weighted by Crippen LogP contribution is 2.25. The summed E-state index contributed by atoms with van der Waals surface area (Å²) in [4.78, 5) is 0.933.